The minimum Gasteiger partial charge on any atom is -0.375 e. The Morgan fingerprint density at radius 1 is 1.24 bits per heavy atom. The fourth-order valence-electron chi connectivity index (χ4n) is 4.47. The molecule has 2 aliphatic rings. The second-order valence-electron chi connectivity index (χ2n) is 7.96. The average molecular weight is 396 g/mol. The fourth-order valence-corrected chi connectivity index (χ4v) is 4.47. The summed E-state index contributed by atoms with van der Waals surface area (Å²) >= 11 is 0. The minimum atomic E-state index is -0.215. The van der Waals surface area contributed by atoms with Crippen LogP contribution in [0.4, 0.5) is 5.69 Å². The number of amides is 2. The summed E-state index contributed by atoms with van der Waals surface area (Å²) in [6.07, 6.45) is 8.11. The Labute approximate surface area is 170 Å². The normalized spacial score (nSPS) is 18.9. The zero-order chi connectivity index (χ0) is 20.2. The number of benzene rings is 1. The largest absolute Gasteiger partial charge is 0.375 e. The molecule has 1 aromatic carbocycles. The van der Waals surface area contributed by atoms with Gasteiger partial charge in [0.15, 0.2) is 0 Å². The number of likely N-dealkylation sites (tertiary alicyclic amines) is 1. The summed E-state index contributed by atoms with van der Waals surface area (Å²) in [5.74, 6) is -0.00817. The van der Waals surface area contributed by atoms with Gasteiger partial charge in [0, 0.05) is 31.7 Å². The van der Waals surface area contributed by atoms with E-state index in [1.807, 2.05) is 11.0 Å². The van der Waals surface area contributed by atoms with Crippen molar-refractivity contribution in [2.75, 3.05) is 32.1 Å². The molecule has 0 saturated carbocycles. The van der Waals surface area contributed by atoms with Gasteiger partial charge in [-0.15, -0.1) is 0 Å². The van der Waals surface area contributed by atoms with Gasteiger partial charge in [0.1, 0.15) is 6.61 Å². The van der Waals surface area contributed by atoms with E-state index in [1.54, 1.807) is 6.20 Å². The number of fused-ring (bicyclic) bond motifs is 1. The summed E-state index contributed by atoms with van der Waals surface area (Å²) in [5.41, 5.74) is 5.03. The number of carbonyl (C=O) groups excluding carboxylic acids is 2. The maximum absolute atomic E-state index is 13.2. The Bertz CT molecular complexity index is 892. The first-order valence-electron chi connectivity index (χ1n) is 10.4. The molecule has 1 saturated heterocycles. The highest BCUT2D eigenvalue weighted by Crippen LogP contribution is 2.31. The molecule has 2 heterocycles. The number of hydrogen-bond donors (Lipinski definition) is 2. The lowest BCUT2D eigenvalue weighted by Crippen LogP contribution is -2.39. The Kier molecular flexibility index (Phi) is 5.94. The van der Waals surface area contributed by atoms with Gasteiger partial charge in [-0.2, -0.15) is 5.10 Å². The Balaban J connectivity index is 1.47. The van der Waals surface area contributed by atoms with Crippen molar-refractivity contribution >= 4 is 17.5 Å². The number of aryl methyl sites for hydroxylation is 2. The van der Waals surface area contributed by atoms with Crippen LogP contribution < -0.4 is 5.32 Å². The summed E-state index contributed by atoms with van der Waals surface area (Å²) in [6, 6.07) is 6.19. The van der Waals surface area contributed by atoms with Crippen LogP contribution in [0.2, 0.25) is 0 Å². The molecule has 2 N–H and O–H groups in total. The lowest BCUT2D eigenvalue weighted by atomic mass is 9.89. The van der Waals surface area contributed by atoms with E-state index in [9.17, 15) is 9.59 Å². The Morgan fingerprint density at radius 3 is 2.90 bits per heavy atom. The first-order chi connectivity index (χ1) is 14.2. The van der Waals surface area contributed by atoms with Crippen molar-refractivity contribution in [3.63, 3.8) is 0 Å². The molecule has 1 atom stereocenters. The quantitative estimate of drug-likeness (QED) is 0.814. The maximum atomic E-state index is 13.2. The molecule has 2 aromatic rings. The van der Waals surface area contributed by atoms with Gasteiger partial charge >= 0.3 is 0 Å². The number of carbonyl (C=O) groups is 2. The van der Waals surface area contributed by atoms with Gasteiger partial charge in [0.2, 0.25) is 5.91 Å². The number of aromatic nitrogens is 2. The number of nitrogens with zero attached hydrogens (tertiary/aromatic N) is 2. The number of rotatable bonds is 5. The molecular formula is C22H28N4O3. The second-order valence-corrected chi connectivity index (χ2v) is 7.96. The first kappa shape index (κ1) is 19.6. The van der Waals surface area contributed by atoms with Gasteiger partial charge in [-0.25, -0.2) is 0 Å². The van der Waals surface area contributed by atoms with E-state index in [1.165, 1.54) is 31.1 Å². The van der Waals surface area contributed by atoms with Gasteiger partial charge in [-0.1, -0.05) is 6.07 Å². The van der Waals surface area contributed by atoms with Gasteiger partial charge in [0.25, 0.3) is 5.91 Å². The van der Waals surface area contributed by atoms with Crippen LogP contribution in [0.5, 0.6) is 0 Å². The molecule has 7 nitrogen and oxygen atoms in total. The number of aromatic amines is 1. The van der Waals surface area contributed by atoms with Crippen molar-refractivity contribution in [3.8, 4) is 0 Å². The zero-order valence-corrected chi connectivity index (χ0v) is 16.9. The van der Waals surface area contributed by atoms with Crippen LogP contribution in [0.3, 0.4) is 0 Å². The molecule has 4 rings (SSSR count). The molecule has 1 aromatic heterocycles. The molecule has 0 radical (unpaired) electrons. The van der Waals surface area contributed by atoms with E-state index in [0.29, 0.717) is 12.2 Å². The predicted octanol–water partition coefficient (Wildman–Crippen LogP) is 2.89. The topological polar surface area (TPSA) is 87.3 Å². The highest BCUT2D eigenvalue weighted by Gasteiger charge is 2.28. The number of piperidine rings is 1. The number of nitrogens with one attached hydrogen (secondary N) is 2. The molecule has 1 aliphatic carbocycles. The molecule has 1 fully saturated rings. The van der Waals surface area contributed by atoms with Crippen LogP contribution >= 0.6 is 0 Å². The molecule has 2 amide bonds. The van der Waals surface area contributed by atoms with Crippen LogP contribution in [0, 0.1) is 0 Å². The standard InChI is InChI=1S/C22H28N4O3/c1-29-14-20(27)24-19-12-23-25-21(19)18-7-4-10-26(13-18)22(28)17-9-8-15-5-2-3-6-16(15)11-17/h8-9,11-12,18H,2-7,10,13-14H2,1H3,(H,23,25)(H,24,27)/t18-/m0/s1. The van der Waals surface area contributed by atoms with E-state index >= 15 is 0 Å². The Hall–Kier alpha value is -2.67. The zero-order valence-electron chi connectivity index (χ0n) is 16.9. The van der Waals surface area contributed by atoms with E-state index in [-0.39, 0.29) is 24.3 Å². The molecule has 7 heteroatoms. The molecule has 1 aliphatic heterocycles. The van der Waals surface area contributed by atoms with Crippen molar-refractivity contribution in [2.45, 2.75) is 44.4 Å². The second kappa shape index (κ2) is 8.78. The van der Waals surface area contributed by atoms with Crippen molar-refractivity contribution in [1.82, 2.24) is 15.1 Å². The summed E-state index contributed by atoms with van der Waals surface area (Å²) in [4.78, 5) is 27.0. The van der Waals surface area contributed by atoms with Crippen LogP contribution in [-0.2, 0) is 22.4 Å². The Morgan fingerprint density at radius 2 is 2.07 bits per heavy atom. The third-order valence-corrected chi connectivity index (χ3v) is 5.93. The van der Waals surface area contributed by atoms with Gasteiger partial charge in [0.05, 0.1) is 17.6 Å². The van der Waals surface area contributed by atoms with Crippen molar-refractivity contribution in [1.29, 1.82) is 0 Å². The SMILES string of the molecule is COCC(=O)Nc1cn[nH]c1[C@H]1CCCN(C(=O)c2ccc3c(c2)CCCC3)C1. The molecule has 0 bridgehead atoms. The van der Waals surface area contributed by atoms with Crippen molar-refractivity contribution in [2.24, 2.45) is 0 Å². The summed E-state index contributed by atoms with van der Waals surface area (Å²) in [5, 5.41) is 9.96. The molecular weight excluding hydrogens is 368 g/mol. The van der Waals surface area contributed by atoms with Crippen molar-refractivity contribution in [3.05, 3.63) is 46.8 Å². The lowest BCUT2D eigenvalue weighted by Gasteiger charge is -2.33. The highest BCUT2D eigenvalue weighted by molar-refractivity contribution is 5.95. The van der Waals surface area contributed by atoms with Gasteiger partial charge < -0.3 is 15.0 Å². The average Bonchev–Trinajstić information content (AvgIpc) is 3.21. The van der Waals surface area contributed by atoms with Crippen LogP contribution in [0.25, 0.3) is 0 Å². The van der Waals surface area contributed by atoms with Gasteiger partial charge in [-0.3, -0.25) is 14.7 Å². The summed E-state index contributed by atoms with van der Waals surface area (Å²) < 4.78 is 4.88. The molecule has 0 unspecified atom stereocenters. The number of anilines is 1. The predicted molar refractivity (Wildman–Crippen MR) is 110 cm³/mol. The number of H-pyrrole nitrogens is 1. The van der Waals surface area contributed by atoms with Crippen LogP contribution in [-0.4, -0.2) is 53.7 Å². The highest BCUT2D eigenvalue weighted by atomic mass is 16.5. The number of methoxy groups -OCH3 is 1. The summed E-state index contributed by atoms with van der Waals surface area (Å²) in [7, 11) is 1.49. The van der Waals surface area contributed by atoms with E-state index in [4.69, 9.17) is 4.74 Å². The fraction of sp³-hybridized carbons (Fsp3) is 0.500. The lowest BCUT2D eigenvalue weighted by molar-refractivity contribution is -0.119. The van der Waals surface area contributed by atoms with Gasteiger partial charge in [-0.05, 0) is 61.8 Å². The monoisotopic (exact) mass is 396 g/mol. The third kappa shape index (κ3) is 4.34. The van der Waals surface area contributed by atoms with Crippen LogP contribution in [0.15, 0.2) is 24.4 Å². The molecule has 0 spiro atoms. The van der Waals surface area contributed by atoms with Crippen molar-refractivity contribution < 1.29 is 14.3 Å². The van der Waals surface area contributed by atoms with Crippen LogP contribution in [0.1, 0.15) is 58.8 Å². The van der Waals surface area contributed by atoms with E-state index < -0.39 is 0 Å². The smallest absolute Gasteiger partial charge is 0.253 e. The minimum absolute atomic E-state index is 0.00176. The van der Waals surface area contributed by atoms with E-state index in [0.717, 1.165) is 43.5 Å². The maximum Gasteiger partial charge on any atom is 0.253 e. The summed E-state index contributed by atoms with van der Waals surface area (Å²) in [6.45, 7) is 1.37. The molecule has 154 valence electrons. The molecule has 29 heavy (non-hydrogen) atoms. The number of hydrogen-bond acceptors (Lipinski definition) is 4. The number of ether oxygens (including phenoxy) is 1. The third-order valence-electron chi connectivity index (χ3n) is 5.93. The first-order valence-corrected chi connectivity index (χ1v) is 10.4. The van der Waals surface area contributed by atoms with E-state index in [2.05, 4.69) is 27.6 Å².